The number of nitrogens with zero attached hydrogens (tertiary/aromatic N) is 2. The summed E-state index contributed by atoms with van der Waals surface area (Å²) in [6, 6.07) is 0. The Morgan fingerprint density at radius 3 is 2.76 bits per heavy atom. The molecule has 0 spiro atoms. The molecule has 1 fully saturated rings. The maximum Gasteiger partial charge on any atom is 0.0797 e. The SMILES string of the molecule is Cc1ncsc1CCN(C)CC1(O)CCCC1. The van der Waals surface area contributed by atoms with Crippen LogP contribution in [0.1, 0.15) is 36.3 Å². The third kappa shape index (κ3) is 3.50. The van der Waals surface area contributed by atoms with E-state index in [1.165, 1.54) is 17.7 Å². The van der Waals surface area contributed by atoms with Crippen LogP contribution in [0.2, 0.25) is 0 Å². The first-order valence-electron chi connectivity index (χ1n) is 6.39. The minimum absolute atomic E-state index is 0.419. The van der Waals surface area contributed by atoms with E-state index in [9.17, 15) is 5.11 Å². The van der Waals surface area contributed by atoms with Crippen LogP contribution in [0.3, 0.4) is 0 Å². The van der Waals surface area contributed by atoms with Crippen LogP contribution < -0.4 is 0 Å². The van der Waals surface area contributed by atoms with E-state index in [2.05, 4.69) is 23.9 Å². The number of rotatable bonds is 5. The highest BCUT2D eigenvalue weighted by molar-refractivity contribution is 7.09. The van der Waals surface area contributed by atoms with Crippen molar-refractivity contribution in [1.82, 2.24) is 9.88 Å². The normalized spacial score (nSPS) is 19.1. The van der Waals surface area contributed by atoms with Gasteiger partial charge in [0.05, 0.1) is 16.8 Å². The second kappa shape index (κ2) is 5.46. The van der Waals surface area contributed by atoms with Crippen molar-refractivity contribution in [2.45, 2.75) is 44.6 Å². The second-order valence-corrected chi connectivity index (χ2v) is 6.22. The quantitative estimate of drug-likeness (QED) is 0.875. The van der Waals surface area contributed by atoms with Gasteiger partial charge in [0.25, 0.3) is 0 Å². The van der Waals surface area contributed by atoms with Gasteiger partial charge in [-0.1, -0.05) is 12.8 Å². The summed E-state index contributed by atoms with van der Waals surface area (Å²) in [7, 11) is 2.10. The van der Waals surface area contributed by atoms with Gasteiger partial charge in [0, 0.05) is 18.0 Å². The van der Waals surface area contributed by atoms with Crippen LogP contribution in [0.25, 0.3) is 0 Å². The fraction of sp³-hybridized carbons (Fsp3) is 0.769. The van der Waals surface area contributed by atoms with Gasteiger partial charge in [0.1, 0.15) is 0 Å². The van der Waals surface area contributed by atoms with Crippen molar-refractivity contribution in [2.75, 3.05) is 20.1 Å². The van der Waals surface area contributed by atoms with Crippen LogP contribution in [0.5, 0.6) is 0 Å². The van der Waals surface area contributed by atoms with Crippen molar-refractivity contribution in [1.29, 1.82) is 0 Å². The molecule has 17 heavy (non-hydrogen) atoms. The summed E-state index contributed by atoms with van der Waals surface area (Å²) in [6.07, 6.45) is 5.34. The van der Waals surface area contributed by atoms with Crippen LogP contribution in [-0.4, -0.2) is 40.7 Å². The van der Waals surface area contributed by atoms with E-state index in [1.807, 2.05) is 5.51 Å². The number of likely N-dealkylation sites (N-methyl/N-ethyl adjacent to an activating group) is 1. The Hall–Kier alpha value is -0.450. The molecular formula is C13H22N2OS. The molecule has 1 heterocycles. The molecule has 0 unspecified atom stereocenters. The molecular weight excluding hydrogens is 232 g/mol. The van der Waals surface area contributed by atoms with Crippen molar-refractivity contribution >= 4 is 11.3 Å². The van der Waals surface area contributed by atoms with Gasteiger partial charge in [0.15, 0.2) is 0 Å². The lowest BCUT2D eigenvalue weighted by Gasteiger charge is -2.28. The fourth-order valence-electron chi connectivity index (χ4n) is 2.63. The number of thiazole rings is 1. The predicted molar refractivity (Wildman–Crippen MR) is 71.5 cm³/mol. The average Bonchev–Trinajstić information content (AvgIpc) is 2.85. The van der Waals surface area contributed by atoms with E-state index in [0.717, 1.165) is 38.0 Å². The lowest BCUT2D eigenvalue weighted by atomic mass is 10.0. The highest BCUT2D eigenvalue weighted by Gasteiger charge is 2.31. The Bertz CT molecular complexity index is 358. The average molecular weight is 254 g/mol. The van der Waals surface area contributed by atoms with E-state index in [0.29, 0.717) is 0 Å². The Balaban J connectivity index is 1.78. The largest absolute Gasteiger partial charge is 0.389 e. The minimum atomic E-state index is -0.419. The molecule has 0 saturated heterocycles. The van der Waals surface area contributed by atoms with Gasteiger partial charge >= 0.3 is 0 Å². The van der Waals surface area contributed by atoms with E-state index < -0.39 is 5.60 Å². The van der Waals surface area contributed by atoms with Gasteiger partial charge in [0.2, 0.25) is 0 Å². The highest BCUT2D eigenvalue weighted by Crippen LogP contribution is 2.29. The van der Waals surface area contributed by atoms with Crippen molar-refractivity contribution < 1.29 is 5.11 Å². The summed E-state index contributed by atoms with van der Waals surface area (Å²) in [5.74, 6) is 0. The topological polar surface area (TPSA) is 36.4 Å². The minimum Gasteiger partial charge on any atom is -0.389 e. The van der Waals surface area contributed by atoms with Crippen LogP contribution >= 0.6 is 11.3 Å². The standard InChI is InChI=1S/C13H22N2OS/c1-11-12(17-10-14-11)5-8-15(2)9-13(16)6-3-4-7-13/h10,16H,3-9H2,1-2H3. The molecule has 0 aliphatic heterocycles. The van der Waals surface area contributed by atoms with Gasteiger partial charge in [-0.25, -0.2) is 4.98 Å². The molecule has 4 heteroatoms. The molecule has 1 aliphatic rings. The smallest absolute Gasteiger partial charge is 0.0797 e. The van der Waals surface area contributed by atoms with Gasteiger partial charge < -0.3 is 10.0 Å². The molecule has 0 radical (unpaired) electrons. The van der Waals surface area contributed by atoms with Gasteiger partial charge in [-0.15, -0.1) is 11.3 Å². The summed E-state index contributed by atoms with van der Waals surface area (Å²) in [5.41, 5.74) is 2.65. The maximum atomic E-state index is 10.3. The zero-order valence-corrected chi connectivity index (χ0v) is 11.6. The molecule has 2 rings (SSSR count). The first kappa shape index (κ1) is 13.0. The predicted octanol–water partition coefficient (Wildman–Crippen LogP) is 2.23. The van der Waals surface area contributed by atoms with Gasteiger partial charge in [-0.05, 0) is 33.2 Å². The summed E-state index contributed by atoms with van der Waals surface area (Å²) >= 11 is 1.73. The van der Waals surface area contributed by atoms with Gasteiger partial charge in [-0.3, -0.25) is 0 Å². The zero-order chi connectivity index (χ0) is 12.3. The van der Waals surface area contributed by atoms with Crippen molar-refractivity contribution in [2.24, 2.45) is 0 Å². The molecule has 0 atom stereocenters. The van der Waals surface area contributed by atoms with Crippen LogP contribution in [-0.2, 0) is 6.42 Å². The number of aliphatic hydroxyl groups is 1. The number of hydrogen-bond donors (Lipinski definition) is 1. The summed E-state index contributed by atoms with van der Waals surface area (Å²) < 4.78 is 0. The first-order chi connectivity index (χ1) is 8.09. The lowest BCUT2D eigenvalue weighted by Crippen LogP contribution is -2.39. The van der Waals surface area contributed by atoms with Crippen LogP contribution in [0, 0.1) is 6.92 Å². The Morgan fingerprint density at radius 1 is 1.47 bits per heavy atom. The van der Waals surface area contributed by atoms with Crippen LogP contribution in [0.4, 0.5) is 0 Å². The summed E-state index contributed by atoms with van der Waals surface area (Å²) in [6.45, 7) is 3.88. The summed E-state index contributed by atoms with van der Waals surface area (Å²) in [4.78, 5) is 7.89. The lowest BCUT2D eigenvalue weighted by molar-refractivity contribution is 0.0167. The third-order valence-corrected chi connectivity index (χ3v) is 4.66. The van der Waals surface area contributed by atoms with Crippen molar-refractivity contribution in [3.05, 3.63) is 16.1 Å². The molecule has 0 amide bonds. The monoisotopic (exact) mass is 254 g/mol. The van der Waals surface area contributed by atoms with E-state index in [1.54, 1.807) is 11.3 Å². The highest BCUT2D eigenvalue weighted by atomic mass is 32.1. The fourth-order valence-corrected chi connectivity index (χ4v) is 3.40. The van der Waals surface area contributed by atoms with Crippen molar-refractivity contribution in [3.63, 3.8) is 0 Å². The first-order valence-corrected chi connectivity index (χ1v) is 7.27. The van der Waals surface area contributed by atoms with Gasteiger partial charge in [-0.2, -0.15) is 0 Å². The molecule has 1 aromatic heterocycles. The van der Waals surface area contributed by atoms with Crippen molar-refractivity contribution in [3.8, 4) is 0 Å². The molecule has 1 aromatic rings. The zero-order valence-electron chi connectivity index (χ0n) is 10.8. The molecule has 1 saturated carbocycles. The molecule has 0 bridgehead atoms. The number of aryl methyl sites for hydroxylation is 1. The second-order valence-electron chi connectivity index (χ2n) is 5.28. The Kier molecular flexibility index (Phi) is 4.17. The number of aromatic nitrogens is 1. The molecule has 0 aromatic carbocycles. The Morgan fingerprint density at radius 2 is 2.18 bits per heavy atom. The van der Waals surface area contributed by atoms with E-state index in [4.69, 9.17) is 0 Å². The van der Waals surface area contributed by atoms with E-state index in [-0.39, 0.29) is 0 Å². The Labute approximate surface area is 107 Å². The number of hydrogen-bond acceptors (Lipinski definition) is 4. The van der Waals surface area contributed by atoms with Crippen LogP contribution in [0.15, 0.2) is 5.51 Å². The molecule has 96 valence electrons. The third-order valence-electron chi connectivity index (χ3n) is 3.66. The molecule has 1 aliphatic carbocycles. The molecule has 1 N–H and O–H groups in total. The molecule has 3 nitrogen and oxygen atoms in total. The van der Waals surface area contributed by atoms with E-state index >= 15 is 0 Å². The summed E-state index contributed by atoms with van der Waals surface area (Å²) in [5, 5.41) is 10.3. The maximum absolute atomic E-state index is 10.3.